The Labute approximate surface area is 129 Å². The molecular formula is C16H11FN4S. The summed E-state index contributed by atoms with van der Waals surface area (Å²) < 4.78 is 14.9. The Morgan fingerprint density at radius 1 is 1.09 bits per heavy atom. The van der Waals surface area contributed by atoms with Crippen LogP contribution in [0.2, 0.25) is 0 Å². The SMILES string of the molecule is Fc1ccc(Nc2nc(-c3cnc4ccccn34)cs2)cc1. The van der Waals surface area contributed by atoms with Crippen LogP contribution in [0.4, 0.5) is 15.2 Å². The molecule has 0 bridgehead atoms. The van der Waals surface area contributed by atoms with Gasteiger partial charge in [0.15, 0.2) is 5.13 Å². The number of anilines is 2. The van der Waals surface area contributed by atoms with E-state index in [9.17, 15) is 4.39 Å². The first-order valence-electron chi connectivity index (χ1n) is 6.70. The molecule has 0 unspecified atom stereocenters. The number of benzene rings is 1. The van der Waals surface area contributed by atoms with Gasteiger partial charge in [0.25, 0.3) is 0 Å². The van der Waals surface area contributed by atoms with Gasteiger partial charge >= 0.3 is 0 Å². The first kappa shape index (κ1) is 13.0. The van der Waals surface area contributed by atoms with Gasteiger partial charge in [-0.3, -0.25) is 4.40 Å². The second-order valence-corrected chi connectivity index (χ2v) is 5.60. The second kappa shape index (κ2) is 5.23. The molecule has 6 heteroatoms. The lowest BCUT2D eigenvalue weighted by molar-refractivity contribution is 0.628. The molecule has 0 atom stereocenters. The highest BCUT2D eigenvalue weighted by molar-refractivity contribution is 7.14. The number of rotatable bonds is 3. The molecular weight excluding hydrogens is 299 g/mol. The standard InChI is InChI=1S/C16H11FN4S/c17-11-4-6-12(7-5-11)19-16-20-13(10-22-16)14-9-18-15-3-1-2-8-21(14)15/h1-10H,(H,19,20). The molecule has 3 aromatic heterocycles. The van der Waals surface area contributed by atoms with Crippen molar-refractivity contribution < 1.29 is 4.39 Å². The molecule has 4 aromatic rings. The Morgan fingerprint density at radius 3 is 2.82 bits per heavy atom. The van der Waals surface area contributed by atoms with Crippen molar-refractivity contribution in [3.63, 3.8) is 0 Å². The van der Waals surface area contributed by atoms with Gasteiger partial charge in [0, 0.05) is 17.3 Å². The summed E-state index contributed by atoms with van der Waals surface area (Å²) in [6.45, 7) is 0. The number of nitrogens with one attached hydrogen (secondary N) is 1. The molecule has 0 fully saturated rings. The van der Waals surface area contributed by atoms with Crippen LogP contribution < -0.4 is 5.32 Å². The smallest absolute Gasteiger partial charge is 0.187 e. The lowest BCUT2D eigenvalue weighted by Crippen LogP contribution is -1.91. The van der Waals surface area contributed by atoms with Crippen molar-refractivity contribution in [3.05, 3.63) is 66.1 Å². The molecule has 22 heavy (non-hydrogen) atoms. The molecule has 0 radical (unpaired) electrons. The fraction of sp³-hybridized carbons (Fsp3) is 0. The van der Waals surface area contributed by atoms with Crippen molar-refractivity contribution in [2.75, 3.05) is 5.32 Å². The van der Waals surface area contributed by atoms with Crippen molar-refractivity contribution in [2.24, 2.45) is 0 Å². The number of hydrogen-bond acceptors (Lipinski definition) is 4. The van der Waals surface area contributed by atoms with E-state index in [1.807, 2.05) is 40.4 Å². The van der Waals surface area contributed by atoms with Crippen LogP contribution in [-0.2, 0) is 0 Å². The van der Waals surface area contributed by atoms with E-state index in [2.05, 4.69) is 15.3 Å². The average molecular weight is 310 g/mol. The van der Waals surface area contributed by atoms with Crippen molar-refractivity contribution in [1.82, 2.24) is 14.4 Å². The van der Waals surface area contributed by atoms with Gasteiger partial charge in [0.2, 0.25) is 0 Å². The highest BCUT2D eigenvalue weighted by atomic mass is 32.1. The van der Waals surface area contributed by atoms with Crippen LogP contribution in [0.25, 0.3) is 17.0 Å². The Hall–Kier alpha value is -2.73. The van der Waals surface area contributed by atoms with Crippen molar-refractivity contribution >= 4 is 27.8 Å². The maximum Gasteiger partial charge on any atom is 0.187 e. The van der Waals surface area contributed by atoms with Crippen LogP contribution in [0.15, 0.2) is 60.2 Å². The van der Waals surface area contributed by atoms with Gasteiger partial charge in [-0.2, -0.15) is 0 Å². The van der Waals surface area contributed by atoms with E-state index in [1.165, 1.54) is 23.5 Å². The highest BCUT2D eigenvalue weighted by Crippen LogP contribution is 2.27. The maximum absolute atomic E-state index is 12.9. The minimum atomic E-state index is -0.254. The van der Waals surface area contributed by atoms with Crippen LogP contribution in [0.1, 0.15) is 0 Å². The molecule has 4 rings (SSSR count). The number of aromatic nitrogens is 3. The number of hydrogen-bond donors (Lipinski definition) is 1. The van der Waals surface area contributed by atoms with Crippen molar-refractivity contribution in [1.29, 1.82) is 0 Å². The van der Waals surface area contributed by atoms with E-state index in [0.29, 0.717) is 0 Å². The average Bonchev–Trinajstić information content (AvgIpc) is 3.16. The summed E-state index contributed by atoms with van der Waals surface area (Å²) in [5, 5.41) is 5.90. The molecule has 0 amide bonds. The molecule has 0 saturated carbocycles. The highest BCUT2D eigenvalue weighted by Gasteiger charge is 2.09. The molecule has 0 spiro atoms. The number of fused-ring (bicyclic) bond motifs is 1. The Morgan fingerprint density at radius 2 is 1.95 bits per heavy atom. The largest absolute Gasteiger partial charge is 0.332 e. The zero-order valence-electron chi connectivity index (χ0n) is 11.4. The summed E-state index contributed by atoms with van der Waals surface area (Å²) in [5.74, 6) is -0.254. The van der Waals surface area contributed by atoms with Crippen LogP contribution in [0, 0.1) is 5.82 Å². The first-order chi connectivity index (χ1) is 10.8. The Bertz CT molecular complexity index is 927. The lowest BCUT2D eigenvalue weighted by Gasteiger charge is -2.01. The number of nitrogens with zero attached hydrogens (tertiary/aromatic N) is 3. The summed E-state index contributed by atoms with van der Waals surface area (Å²) in [6, 6.07) is 12.1. The van der Waals surface area contributed by atoms with Gasteiger partial charge in [0.05, 0.1) is 11.9 Å². The van der Waals surface area contributed by atoms with Crippen LogP contribution >= 0.6 is 11.3 Å². The third-order valence-electron chi connectivity index (χ3n) is 3.28. The Kier molecular flexibility index (Phi) is 3.08. The molecule has 0 aliphatic heterocycles. The zero-order chi connectivity index (χ0) is 14.9. The van der Waals surface area contributed by atoms with Gasteiger partial charge in [-0.05, 0) is 36.4 Å². The molecule has 0 aliphatic rings. The fourth-order valence-corrected chi connectivity index (χ4v) is 2.95. The molecule has 0 aliphatic carbocycles. The summed E-state index contributed by atoms with van der Waals surface area (Å²) in [7, 11) is 0. The second-order valence-electron chi connectivity index (χ2n) is 4.74. The molecule has 4 nitrogen and oxygen atoms in total. The minimum absolute atomic E-state index is 0.254. The fourth-order valence-electron chi connectivity index (χ4n) is 2.23. The number of thiazole rings is 1. The van der Waals surface area contributed by atoms with E-state index >= 15 is 0 Å². The summed E-state index contributed by atoms with van der Waals surface area (Å²) >= 11 is 1.50. The minimum Gasteiger partial charge on any atom is -0.332 e. The van der Waals surface area contributed by atoms with Gasteiger partial charge in [-0.25, -0.2) is 14.4 Å². The van der Waals surface area contributed by atoms with Crippen molar-refractivity contribution in [3.8, 4) is 11.4 Å². The van der Waals surface area contributed by atoms with E-state index in [4.69, 9.17) is 0 Å². The van der Waals surface area contributed by atoms with Crippen LogP contribution in [0.3, 0.4) is 0 Å². The predicted molar refractivity (Wildman–Crippen MR) is 86.0 cm³/mol. The van der Waals surface area contributed by atoms with Crippen molar-refractivity contribution in [2.45, 2.75) is 0 Å². The van der Waals surface area contributed by atoms with E-state index in [0.717, 1.165) is 27.9 Å². The summed E-state index contributed by atoms with van der Waals surface area (Å²) in [4.78, 5) is 8.94. The molecule has 3 heterocycles. The zero-order valence-corrected chi connectivity index (χ0v) is 12.2. The van der Waals surface area contributed by atoms with Gasteiger partial charge in [-0.15, -0.1) is 11.3 Å². The summed E-state index contributed by atoms with van der Waals surface area (Å²) in [5.41, 5.74) is 3.49. The Balaban J connectivity index is 1.65. The molecule has 108 valence electrons. The third-order valence-corrected chi connectivity index (χ3v) is 4.04. The monoisotopic (exact) mass is 310 g/mol. The van der Waals surface area contributed by atoms with Gasteiger partial charge < -0.3 is 5.32 Å². The number of pyridine rings is 1. The maximum atomic E-state index is 12.9. The summed E-state index contributed by atoms with van der Waals surface area (Å²) in [6.07, 6.45) is 3.77. The molecule has 0 saturated heterocycles. The predicted octanol–water partition coefficient (Wildman–Crippen LogP) is 4.34. The quantitative estimate of drug-likeness (QED) is 0.612. The lowest BCUT2D eigenvalue weighted by atomic mass is 10.3. The van der Waals surface area contributed by atoms with Gasteiger partial charge in [0.1, 0.15) is 17.2 Å². The van der Waals surface area contributed by atoms with E-state index in [-0.39, 0.29) is 5.82 Å². The molecule has 1 aromatic carbocycles. The normalized spacial score (nSPS) is 11.0. The first-order valence-corrected chi connectivity index (χ1v) is 7.58. The van der Waals surface area contributed by atoms with Crippen LogP contribution in [0.5, 0.6) is 0 Å². The van der Waals surface area contributed by atoms with Crippen LogP contribution in [-0.4, -0.2) is 14.4 Å². The molecule has 1 N–H and O–H groups in total. The number of halogens is 1. The van der Waals surface area contributed by atoms with E-state index < -0.39 is 0 Å². The van der Waals surface area contributed by atoms with Gasteiger partial charge in [-0.1, -0.05) is 6.07 Å². The topological polar surface area (TPSA) is 42.2 Å². The number of imidazole rings is 1. The van der Waals surface area contributed by atoms with E-state index in [1.54, 1.807) is 12.1 Å². The third kappa shape index (κ3) is 2.33.